The summed E-state index contributed by atoms with van der Waals surface area (Å²) in [4.78, 5) is 2.30. The van der Waals surface area contributed by atoms with Gasteiger partial charge in [-0.25, -0.2) is 0 Å². The van der Waals surface area contributed by atoms with Crippen LogP contribution >= 0.6 is 0 Å². The third kappa shape index (κ3) is 3.42. The molecule has 3 atom stereocenters. The van der Waals surface area contributed by atoms with Crippen LogP contribution in [0.15, 0.2) is 0 Å². The summed E-state index contributed by atoms with van der Waals surface area (Å²) in [5, 5.41) is 12.8. The molecule has 0 bridgehead atoms. The van der Waals surface area contributed by atoms with Crippen LogP contribution in [0.3, 0.4) is 0 Å². The Morgan fingerprint density at radius 2 is 2.25 bits per heavy atom. The first-order chi connectivity index (χ1) is 7.52. The van der Waals surface area contributed by atoms with Crippen molar-refractivity contribution in [2.75, 3.05) is 33.4 Å². The van der Waals surface area contributed by atoms with Crippen LogP contribution in [-0.2, 0) is 4.74 Å². The van der Waals surface area contributed by atoms with Crippen LogP contribution in [0.5, 0.6) is 0 Å². The van der Waals surface area contributed by atoms with E-state index >= 15 is 0 Å². The van der Waals surface area contributed by atoms with Crippen molar-refractivity contribution in [2.24, 2.45) is 0 Å². The van der Waals surface area contributed by atoms with E-state index in [1.165, 1.54) is 0 Å². The topological polar surface area (TPSA) is 44.7 Å². The molecule has 0 amide bonds. The van der Waals surface area contributed by atoms with E-state index in [9.17, 15) is 5.11 Å². The number of rotatable bonds is 6. The van der Waals surface area contributed by atoms with Gasteiger partial charge in [0.25, 0.3) is 0 Å². The van der Waals surface area contributed by atoms with Crippen molar-refractivity contribution in [2.45, 2.75) is 44.9 Å². The average molecular weight is 230 g/mol. The Labute approximate surface area is 99.0 Å². The largest absolute Gasteiger partial charge is 0.394 e. The molecule has 0 aliphatic carbocycles. The molecule has 4 heteroatoms. The summed E-state index contributed by atoms with van der Waals surface area (Å²) in [5.41, 5.74) is -0.216. The number of aliphatic hydroxyl groups excluding tert-OH is 1. The van der Waals surface area contributed by atoms with Crippen LogP contribution in [0.2, 0.25) is 0 Å². The summed E-state index contributed by atoms with van der Waals surface area (Å²) in [6.07, 6.45) is 1.39. The molecule has 3 unspecified atom stereocenters. The average Bonchev–Trinajstić information content (AvgIpc) is 2.65. The molecule has 1 saturated heterocycles. The second-order valence-electron chi connectivity index (χ2n) is 5.10. The van der Waals surface area contributed by atoms with Gasteiger partial charge in [0, 0.05) is 19.2 Å². The molecule has 16 heavy (non-hydrogen) atoms. The lowest BCUT2D eigenvalue weighted by molar-refractivity contribution is 0.0620. The van der Waals surface area contributed by atoms with E-state index < -0.39 is 0 Å². The Kier molecular flexibility index (Phi) is 5.18. The lowest BCUT2D eigenvalue weighted by Gasteiger charge is -2.36. The Morgan fingerprint density at radius 1 is 1.56 bits per heavy atom. The molecule has 1 rings (SSSR count). The fourth-order valence-electron chi connectivity index (χ4n) is 2.56. The summed E-state index contributed by atoms with van der Waals surface area (Å²) in [6, 6.07) is 0.476. The standard InChI is InChI=1S/C12H26N2O2/c1-5-13-12(3,9-15)8-14(4)11-6-7-16-10(11)2/h10-11,13,15H,5-9H2,1-4H3. The normalized spacial score (nSPS) is 29.6. The minimum absolute atomic E-state index is 0.160. The van der Waals surface area contributed by atoms with E-state index in [2.05, 4.69) is 38.0 Å². The van der Waals surface area contributed by atoms with Gasteiger partial charge < -0.3 is 15.2 Å². The molecular weight excluding hydrogens is 204 g/mol. The molecule has 1 fully saturated rings. The highest BCUT2D eigenvalue weighted by Gasteiger charge is 2.32. The third-order valence-electron chi connectivity index (χ3n) is 3.45. The highest BCUT2D eigenvalue weighted by atomic mass is 16.5. The number of likely N-dealkylation sites (N-methyl/N-ethyl adjacent to an activating group) is 2. The van der Waals surface area contributed by atoms with Crippen LogP contribution < -0.4 is 5.32 Å². The molecule has 1 heterocycles. The molecular formula is C12H26N2O2. The molecule has 1 aliphatic heterocycles. The van der Waals surface area contributed by atoms with Crippen molar-refractivity contribution in [3.05, 3.63) is 0 Å². The van der Waals surface area contributed by atoms with Gasteiger partial charge in [-0.05, 0) is 33.9 Å². The zero-order valence-corrected chi connectivity index (χ0v) is 11.0. The SMILES string of the molecule is CCNC(C)(CO)CN(C)C1CCOC1C. The van der Waals surface area contributed by atoms with Gasteiger partial charge in [0.05, 0.1) is 18.2 Å². The number of nitrogens with zero attached hydrogens (tertiary/aromatic N) is 1. The lowest BCUT2D eigenvalue weighted by atomic mass is 10.0. The summed E-state index contributed by atoms with van der Waals surface area (Å²) in [5.74, 6) is 0. The Morgan fingerprint density at radius 3 is 2.69 bits per heavy atom. The molecule has 2 N–H and O–H groups in total. The van der Waals surface area contributed by atoms with Crippen LogP contribution in [-0.4, -0.2) is 61.0 Å². The summed E-state index contributed by atoms with van der Waals surface area (Å²) in [7, 11) is 2.11. The maximum absolute atomic E-state index is 9.45. The van der Waals surface area contributed by atoms with Gasteiger partial charge in [-0.3, -0.25) is 4.90 Å². The van der Waals surface area contributed by atoms with Gasteiger partial charge in [0.2, 0.25) is 0 Å². The molecule has 0 spiro atoms. The quantitative estimate of drug-likeness (QED) is 0.696. The number of nitrogens with one attached hydrogen (secondary N) is 1. The van der Waals surface area contributed by atoms with Crippen LogP contribution in [0.4, 0.5) is 0 Å². The fraction of sp³-hybridized carbons (Fsp3) is 1.00. The first kappa shape index (κ1) is 13.9. The molecule has 0 aromatic heterocycles. The highest BCUT2D eigenvalue weighted by Crippen LogP contribution is 2.19. The number of hydrogen-bond acceptors (Lipinski definition) is 4. The van der Waals surface area contributed by atoms with Gasteiger partial charge in [-0.1, -0.05) is 6.92 Å². The number of hydrogen-bond donors (Lipinski definition) is 2. The zero-order valence-electron chi connectivity index (χ0n) is 11.0. The molecule has 4 nitrogen and oxygen atoms in total. The molecule has 0 radical (unpaired) electrons. The number of ether oxygens (including phenoxy) is 1. The van der Waals surface area contributed by atoms with E-state index in [4.69, 9.17) is 4.74 Å². The van der Waals surface area contributed by atoms with E-state index in [1.807, 2.05) is 0 Å². The molecule has 0 saturated carbocycles. The van der Waals surface area contributed by atoms with Crippen LogP contribution in [0.1, 0.15) is 27.2 Å². The first-order valence-electron chi connectivity index (χ1n) is 6.20. The van der Waals surface area contributed by atoms with Crippen molar-refractivity contribution in [1.82, 2.24) is 10.2 Å². The van der Waals surface area contributed by atoms with Crippen molar-refractivity contribution < 1.29 is 9.84 Å². The van der Waals surface area contributed by atoms with Crippen molar-refractivity contribution in [3.8, 4) is 0 Å². The van der Waals surface area contributed by atoms with Gasteiger partial charge in [-0.15, -0.1) is 0 Å². The summed E-state index contributed by atoms with van der Waals surface area (Å²) in [6.45, 7) is 8.98. The second-order valence-corrected chi connectivity index (χ2v) is 5.10. The lowest BCUT2D eigenvalue weighted by Crippen LogP contribution is -2.55. The summed E-state index contributed by atoms with van der Waals surface area (Å²) < 4.78 is 5.57. The number of aliphatic hydroxyl groups is 1. The molecule has 1 aliphatic rings. The van der Waals surface area contributed by atoms with Crippen molar-refractivity contribution in [3.63, 3.8) is 0 Å². The van der Waals surface area contributed by atoms with Gasteiger partial charge in [-0.2, -0.15) is 0 Å². The minimum atomic E-state index is -0.216. The predicted molar refractivity (Wildman–Crippen MR) is 65.6 cm³/mol. The van der Waals surface area contributed by atoms with Crippen molar-refractivity contribution >= 4 is 0 Å². The monoisotopic (exact) mass is 230 g/mol. The maximum Gasteiger partial charge on any atom is 0.0702 e. The molecule has 0 aromatic rings. The minimum Gasteiger partial charge on any atom is -0.394 e. The second kappa shape index (κ2) is 5.96. The van der Waals surface area contributed by atoms with E-state index in [0.29, 0.717) is 12.1 Å². The van der Waals surface area contributed by atoms with Gasteiger partial charge >= 0.3 is 0 Å². The Hall–Kier alpha value is -0.160. The summed E-state index contributed by atoms with van der Waals surface area (Å²) >= 11 is 0. The predicted octanol–water partition coefficient (Wildman–Crippen LogP) is 0.456. The highest BCUT2D eigenvalue weighted by molar-refractivity contribution is 4.89. The maximum atomic E-state index is 9.45. The Bertz CT molecular complexity index is 213. The zero-order chi connectivity index (χ0) is 12.2. The smallest absolute Gasteiger partial charge is 0.0702 e. The molecule has 96 valence electrons. The van der Waals surface area contributed by atoms with E-state index in [0.717, 1.165) is 26.1 Å². The fourth-order valence-corrected chi connectivity index (χ4v) is 2.56. The van der Waals surface area contributed by atoms with E-state index in [-0.39, 0.29) is 12.1 Å². The van der Waals surface area contributed by atoms with Gasteiger partial charge in [0.15, 0.2) is 0 Å². The van der Waals surface area contributed by atoms with Crippen LogP contribution in [0.25, 0.3) is 0 Å². The van der Waals surface area contributed by atoms with E-state index in [1.54, 1.807) is 0 Å². The van der Waals surface area contributed by atoms with Crippen molar-refractivity contribution in [1.29, 1.82) is 0 Å². The van der Waals surface area contributed by atoms with Gasteiger partial charge in [0.1, 0.15) is 0 Å². The molecule has 0 aromatic carbocycles. The Balaban J connectivity index is 2.50. The van der Waals surface area contributed by atoms with Crippen LogP contribution in [0, 0.1) is 0 Å². The third-order valence-corrected chi connectivity index (χ3v) is 3.45. The first-order valence-corrected chi connectivity index (χ1v) is 6.20.